The van der Waals surface area contributed by atoms with Crippen molar-refractivity contribution in [2.24, 2.45) is 0 Å². The SMILES string of the molecule is Clc1ccc(O[n+]2pn(Cl)p(Cl)n(Cl)p2Cl)c(Cl)c1Cl. The van der Waals surface area contributed by atoms with Gasteiger partial charge in [-0.3, -0.25) is 0 Å². The van der Waals surface area contributed by atoms with E-state index in [1.807, 2.05) is 0 Å². The summed E-state index contributed by atoms with van der Waals surface area (Å²) in [6.45, 7) is 0. The third kappa shape index (κ3) is 3.63. The van der Waals surface area contributed by atoms with Gasteiger partial charge in [-0.25, -0.2) is 0 Å². The Morgan fingerprint density at radius 2 is 1.75 bits per heavy atom. The van der Waals surface area contributed by atoms with E-state index in [2.05, 4.69) is 0 Å². The fourth-order valence-corrected chi connectivity index (χ4v) is 8.77. The molecular formula is C6H2Cl7N3OP3+. The van der Waals surface area contributed by atoms with E-state index in [-0.39, 0.29) is 15.8 Å². The first kappa shape index (κ1) is 17.7. The molecule has 0 saturated heterocycles. The average molecular weight is 473 g/mol. The summed E-state index contributed by atoms with van der Waals surface area (Å²) in [5.41, 5.74) is 0. The van der Waals surface area contributed by atoms with Gasteiger partial charge in [0.05, 0.1) is 10.0 Å². The molecule has 2 rings (SSSR count). The molecule has 2 unspecified atom stereocenters. The molecule has 1 aromatic carbocycles. The summed E-state index contributed by atoms with van der Waals surface area (Å²) in [5, 5.41) is 0.662. The molecule has 2 aromatic rings. The fraction of sp³-hybridized carbons (Fsp3) is 0. The van der Waals surface area contributed by atoms with Crippen LogP contribution in [0.1, 0.15) is 0 Å². The molecule has 4 nitrogen and oxygen atoms in total. The largest absolute Gasteiger partial charge is 0.340 e. The van der Waals surface area contributed by atoms with Gasteiger partial charge in [0.15, 0.2) is 5.75 Å². The molecule has 110 valence electrons. The summed E-state index contributed by atoms with van der Waals surface area (Å²) in [4.78, 5) is 5.57. The average Bonchev–Trinajstić information content (AvgIpc) is 2.42. The zero-order valence-corrected chi connectivity index (χ0v) is 16.9. The quantitative estimate of drug-likeness (QED) is 0.428. The monoisotopic (exact) mass is 470 g/mol. The maximum absolute atomic E-state index is 6.16. The fourth-order valence-electron chi connectivity index (χ4n) is 1.03. The van der Waals surface area contributed by atoms with E-state index in [0.29, 0.717) is 13.5 Å². The first-order valence-electron chi connectivity index (χ1n) is 4.49. The second-order valence-corrected chi connectivity index (χ2v) is 12.1. The second-order valence-electron chi connectivity index (χ2n) is 3.07. The highest BCUT2D eigenvalue weighted by Crippen LogP contribution is 2.45. The third-order valence-corrected chi connectivity index (χ3v) is 12.5. The molecule has 0 spiro atoms. The van der Waals surface area contributed by atoms with E-state index in [1.54, 1.807) is 12.1 Å². The Morgan fingerprint density at radius 1 is 1.10 bits per heavy atom. The van der Waals surface area contributed by atoms with Crippen molar-refractivity contribution in [2.45, 2.75) is 0 Å². The molecule has 0 bridgehead atoms. The van der Waals surface area contributed by atoms with E-state index in [0.717, 1.165) is 0 Å². The van der Waals surface area contributed by atoms with Crippen LogP contribution in [0.15, 0.2) is 12.1 Å². The van der Waals surface area contributed by atoms with Gasteiger partial charge in [0.1, 0.15) is 28.6 Å². The molecule has 0 aliphatic rings. The highest BCUT2D eigenvalue weighted by atomic mass is 35.7. The number of hydrogen-bond donors (Lipinski definition) is 0. The van der Waals surface area contributed by atoms with Crippen molar-refractivity contribution in [3.63, 3.8) is 0 Å². The zero-order chi connectivity index (χ0) is 15.0. The van der Waals surface area contributed by atoms with Crippen LogP contribution in [0, 0.1) is 0 Å². The summed E-state index contributed by atoms with van der Waals surface area (Å²) < 4.78 is 3.77. The Kier molecular flexibility index (Phi) is 6.44. The predicted octanol–water partition coefficient (Wildman–Crippen LogP) is 7.06. The van der Waals surface area contributed by atoms with Crippen LogP contribution in [0.5, 0.6) is 5.75 Å². The number of benzene rings is 1. The van der Waals surface area contributed by atoms with Gasteiger partial charge in [-0.15, -0.1) is 0 Å². The molecule has 0 aliphatic carbocycles. The van der Waals surface area contributed by atoms with Crippen molar-refractivity contribution < 1.29 is 9.09 Å². The lowest BCUT2D eigenvalue weighted by Crippen LogP contribution is -2.34. The molecule has 0 fully saturated rings. The second kappa shape index (κ2) is 7.28. The molecular weight excluding hydrogens is 471 g/mol. The van der Waals surface area contributed by atoms with Gasteiger partial charge in [0, 0.05) is 22.5 Å². The number of halogens is 7. The van der Waals surface area contributed by atoms with Gasteiger partial charge >= 0.3 is 22.9 Å². The summed E-state index contributed by atoms with van der Waals surface area (Å²) >= 11 is 41.9. The van der Waals surface area contributed by atoms with Crippen LogP contribution in [-0.4, -0.2) is 7.22 Å². The summed E-state index contributed by atoms with van der Waals surface area (Å²) in [5.74, 6) is 0.276. The van der Waals surface area contributed by atoms with Crippen molar-refractivity contribution in [1.82, 2.24) is 7.22 Å². The van der Waals surface area contributed by atoms with Crippen molar-refractivity contribution in [2.75, 3.05) is 0 Å². The number of hydrogen-bond acceptors (Lipinski definition) is 1. The van der Waals surface area contributed by atoms with Gasteiger partial charge in [-0.05, 0) is 16.4 Å². The Morgan fingerprint density at radius 3 is 2.40 bits per heavy atom. The minimum absolute atomic E-state index is 0.162. The van der Waals surface area contributed by atoms with Crippen LogP contribution >= 0.6 is 104 Å². The Hall–Kier alpha value is 1.35. The Bertz CT molecular complexity index is 702. The van der Waals surface area contributed by atoms with Gasteiger partial charge < -0.3 is 4.84 Å². The van der Waals surface area contributed by atoms with Gasteiger partial charge in [0.2, 0.25) is 0 Å². The van der Waals surface area contributed by atoms with Gasteiger partial charge in [-0.1, -0.05) is 42.0 Å². The van der Waals surface area contributed by atoms with Crippen LogP contribution in [0.3, 0.4) is 0 Å². The molecule has 0 amide bonds. The van der Waals surface area contributed by atoms with E-state index in [4.69, 9.17) is 85.7 Å². The molecule has 2 atom stereocenters. The first-order valence-corrected chi connectivity index (χ1v) is 11.4. The number of nitrogens with zero attached hydrogens (tertiary/aromatic N) is 3. The maximum atomic E-state index is 6.16. The normalized spacial score (nSPS) is 12.9. The van der Waals surface area contributed by atoms with Crippen LogP contribution in [0.4, 0.5) is 0 Å². The predicted molar refractivity (Wildman–Crippen MR) is 90.7 cm³/mol. The third-order valence-electron chi connectivity index (χ3n) is 1.88. The van der Waals surface area contributed by atoms with Crippen molar-refractivity contribution in [3.05, 3.63) is 27.2 Å². The summed E-state index contributed by atoms with van der Waals surface area (Å²) in [7, 11) is -2.53. The zero-order valence-electron chi connectivity index (χ0n) is 8.89. The minimum Gasteiger partial charge on any atom is -0.310 e. The van der Waals surface area contributed by atoms with Crippen molar-refractivity contribution in [3.8, 4) is 5.75 Å². The number of rotatable bonds is 2. The lowest BCUT2D eigenvalue weighted by Gasteiger charge is -2.08. The van der Waals surface area contributed by atoms with Gasteiger partial charge in [0.25, 0.3) is 0 Å². The minimum atomic E-state index is -1.53. The smallest absolute Gasteiger partial charge is 0.310 e. The number of aromatic nitrogens is 3. The van der Waals surface area contributed by atoms with Crippen LogP contribution in [0.2, 0.25) is 15.1 Å². The lowest BCUT2D eigenvalue weighted by molar-refractivity contribution is -0.765. The summed E-state index contributed by atoms with van der Waals surface area (Å²) in [6, 6.07) is 3.11. The van der Waals surface area contributed by atoms with Crippen LogP contribution in [-0.2, 0) is 0 Å². The van der Waals surface area contributed by atoms with E-state index >= 15 is 0 Å². The lowest BCUT2D eigenvalue weighted by atomic mass is 10.3. The molecule has 0 N–H and O–H groups in total. The standard InChI is InChI=1S/C6H2Cl7N3OP3/c7-3-1-2-4(6(9)5(3)8)17-16-18-14(10)19(12)15(11)20(16)13/h1-2H/q+1. The molecule has 0 saturated carbocycles. The van der Waals surface area contributed by atoms with Crippen molar-refractivity contribution in [1.29, 1.82) is 0 Å². The Balaban J connectivity index is 2.48. The highest BCUT2D eigenvalue weighted by molar-refractivity contribution is 7.83. The topological polar surface area (TPSA) is 23.0 Å². The van der Waals surface area contributed by atoms with Gasteiger partial charge in [-0.2, -0.15) is 0 Å². The van der Waals surface area contributed by atoms with E-state index in [1.165, 1.54) is 11.5 Å². The molecule has 20 heavy (non-hydrogen) atoms. The molecule has 1 aromatic heterocycles. The van der Waals surface area contributed by atoms with Crippen molar-refractivity contribution >= 4 is 104 Å². The molecule has 0 radical (unpaired) electrons. The van der Waals surface area contributed by atoms with E-state index < -0.39 is 14.4 Å². The highest BCUT2D eigenvalue weighted by Gasteiger charge is 2.22. The molecule has 1 heterocycles. The first-order chi connectivity index (χ1) is 9.32. The van der Waals surface area contributed by atoms with Crippen LogP contribution < -0.4 is 9.09 Å². The Labute approximate surface area is 152 Å². The van der Waals surface area contributed by atoms with E-state index in [9.17, 15) is 0 Å². The summed E-state index contributed by atoms with van der Waals surface area (Å²) in [6.07, 6.45) is 0. The molecule has 14 heteroatoms. The van der Waals surface area contributed by atoms with Crippen LogP contribution in [0.25, 0.3) is 0 Å². The maximum Gasteiger partial charge on any atom is 0.340 e. The molecule has 0 aliphatic heterocycles.